The summed E-state index contributed by atoms with van der Waals surface area (Å²) in [5.74, 6) is 0. The van der Waals surface area contributed by atoms with Crippen molar-refractivity contribution >= 4 is 0 Å². The summed E-state index contributed by atoms with van der Waals surface area (Å²) in [5.41, 5.74) is 6.90. The van der Waals surface area contributed by atoms with Gasteiger partial charge in [-0.25, -0.2) is 0 Å². The molecule has 1 unspecified atom stereocenters. The van der Waals surface area contributed by atoms with E-state index in [0.717, 1.165) is 19.1 Å². The van der Waals surface area contributed by atoms with Crippen LogP contribution in [0.25, 0.3) is 0 Å². The summed E-state index contributed by atoms with van der Waals surface area (Å²) in [4.78, 5) is 0. The molecule has 2 heteroatoms. The van der Waals surface area contributed by atoms with Crippen LogP contribution in [0.5, 0.6) is 0 Å². The fourth-order valence-corrected chi connectivity index (χ4v) is 2.73. The summed E-state index contributed by atoms with van der Waals surface area (Å²) in [6.45, 7) is 6.70. The first-order valence-corrected chi connectivity index (χ1v) is 6.02. The standard InChI is InChI=1S/C12H24N2/c1-11(2)7-10(11)14-9-12(8-13)5-3-4-6-12/h10,14H,3-9,13H2,1-2H3. The highest BCUT2D eigenvalue weighted by atomic mass is 15.0. The molecule has 0 spiro atoms. The van der Waals surface area contributed by atoms with Crippen LogP contribution in [0, 0.1) is 10.8 Å². The molecular weight excluding hydrogens is 172 g/mol. The Balaban J connectivity index is 1.79. The minimum absolute atomic E-state index is 0.443. The molecule has 2 aliphatic carbocycles. The second-order valence-corrected chi connectivity index (χ2v) is 6.04. The molecule has 2 rings (SSSR count). The van der Waals surface area contributed by atoms with Crippen molar-refractivity contribution in [2.24, 2.45) is 16.6 Å². The molecule has 0 radical (unpaired) electrons. The van der Waals surface area contributed by atoms with Gasteiger partial charge in [-0.2, -0.15) is 0 Å². The van der Waals surface area contributed by atoms with Gasteiger partial charge in [0.1, 0.15) is 0 Å². The van der Waals surface area contributed by atoms with Crippen molar-refractivity contribution in [3.8, 4) is 0 Å². The van der Waals surface area contributed by atoms with E-state index in [9.17, 15) is 0 Å². The van der Waals surface area contributed by atoms with E-state index in [1.807, 2.05) is 0 Å². The van der Waals surface area contributed by atoms with Gasteiger partial charge in [0, 0.05) is 12.6 Å². The van der Waals surface area contributed by atoms with Crippen molar-refractivity contribution < 1.29 is 0 Å². The molecule has 0 bridgehead atoms. The van der Waals surface area contributed by atoms with E-state index in [-0.39, 0.29) is 0 Å². The molecule has 0 aliphatic heterocycles. The lowest BCUT2D eigenvalue weighted by atomic mass is 9.86. The van der Waals surface area contributed by atoms with Gasteiger partial charge in [-0.3, -0.25) is 0 Å². The van der Waals surface area contributed by atoms with Gasteiger partial charge >= 0.3 is 0 Å². The minimum Gasteiger partial charge on any atom is -0.330 e. The number of hydrogen-bond acceptors (Lipinski definition) is 2. The van der Waals surface area contributed by atoms with E-state index in [0.29, 0.717) is 10.8 Å². The summed E-state index contributed by atoms with van der Waals surface area (Å²) in [7, 11) is 0. The molecule has 2 saturated carbocycles. The lowest BCUT2D eigenvalue weighted by Crippen LogP contribution is -2.39. The molecule has 0 aromatic heterocycles. The summed E-state index contributed by atoms with van der Waals surface area (Å²) in [5, 5.41) is 3.70. The van der Waals surface area contributed by atoms with Gasteiger partial charge < -0.3 is 11.1 Å². The molecule has 0 saturated heterocycles. The quantitative estimate of drug-likeness (QED) is 0.720. The summed E-state index contributed by atoms with van der Waals surface area (Å²) < 4.78 is 0. The molecule has 3 N–H and O–H groups in total. The van der Waals surface area contributed by atoms with Gasteiger partial charge in [0.2, 0.25) is 0 Å². The Morgan fingerprint density at radius 1 is 1.29 bits per heavy atom. The first-order chi connectivity index (χ1) is 6.58. The third-order valence-electron chi connectivity index (χ3n) is 4.33. The van der Waals surface area contributed by atoms with Crippen LogP contribution in [0.2, 0.25) is 0 Å². The SMILES string of the molecule is CC1(C)CC1NCC1(CN)CCCC1. The van der Waals surface area contributed by atoms with Crippen molar-refractivity contribution in [1.82, 2.24) is 5.32 Å². The van der Waals surface area contributed by atoms with Crippen LogP contribution in [-0.2, 0) is 0 Å². The van der Waals surface area contributed by atoms with E-state index in [1.54, 1.807) is 0 Å². The molecule has 1 atom stereocenters. The zero-order valence-electron chi connectivity index (χ0n) is 9.60. The number of nitrogens with one attached hydrogen (secondary N) is 1. The van der Waals surface area contributed by atoms with E-state index >= 15 is 0 Å². The van der Waals surface area contributed by atoms with Crippen LogP contribution in [-0.4, -0.2) is 19.1 Å². The van der Waals surface area contributed by atoms with Crippen LogP contribution in [0.1, 0.15) is 46.0 Å². The minimum atomic E-state index is 0.443. The van der Waals surface area contributed by atoms with Gasteiger partial charge in [-0.1, -0.05) is 26.7 Å². The lowest BCUT2D eigenvalue weighted by Gasteiger charge is -2.28. The second kappa shape index (κ2) is 3.49. The Hall–Kier alpha value is -0.0800. The summed E-state index contributed by atoms with van der Waals surface area (Å²) >= 11 is 0. The summed E-state index contributed by atoms with van der Waals surface area (Å²) in [6, 6.07) is 0.756. The Labute approximate surface area is 87.6 Å². The molecule has 0 aromatic carbocycles. The predicted octanol–water partition coefficient (Wildman–Crippen LogP) is 1.89. The van der Waals surface area contributed by atoms with E-state index < -0.39 is 0 Å². The zero-order valence-corrected chi connectivity index (χ0v) is 9.60. The van der Waals surface area contributed by atoms with Crippen LogP contribution < -0.4 is 11.1 Å². The van der Waals surface area contributed by atoms with E-state index in [4.69, 9.17) is 5.73 Å². The maximum Gasteiger partial charge on any atom is 0.0125 e. The van der Waals surface area contributed by atoms with Gasteiger partial charge in [0.25, 0.3) is 0 Å². The van der Waals surface area contributed by atoms with E-state index in [2.05, 4.69) is 19.2 Å². The molecular formula is C12H24N2. The number of rotatable bonds is 4. The highest BCUT2D eigenvalue weighted by Crippen LogP contribution is 2.45. The van der Waals surface area contributed by atoms with E-state index in [1.165, 1.54) is 32.1 Å². The average Bonchev–Trinajstić information content (AvgIpc) is 2.63. The Bertz CT molecular complexity index is 204. The largest absolute Gasteiger partial charge is 0.330 e. The zero-order chi connectivity index (χ0) is 10.2. The first kappa shape index (κ1) is 10.4. The van der Waals surface area contributed by atoms with Crippen LogP contribution in [0.3, 0.4) is 0 Å². The normalized spacial score (nSPS) is 33.2. The van der Waals surface area contributed by atoms with Gasteiger partial charge in [0.15, 0.2) is 0 Å². The third-order valence-corrected chi connectivity index (χ3v) is 4.33. The van der Waals surface area contributed by atoms with Gasteiger partial charge in [-0.05, 0) is 36.6 Å². The molecule has 0 aromatic rings. The average molecular weight is 196 g/mol. The van der Waals surface area contributed by atoms with Gasteiger partial charge in [-0.15, -0.1) is 0 Å². The van der Waals surface area contributed by atoms with Crippen molar-refractivity contribution in [3.05, 3.63) is 0 Å². The first-order valence-electron chi connectivity index (χ1n) is 6.02. The highest BCUT2D eigenvalue weighted by Gasteiger charge is 2.46. The van der Waals surface area contributed by atoms with Crippen molar-refractivity contribution in [3.63, 3.8) is 0 Å². The maximum atomic E-state index is 5.90. The Morgan fingerprint density at radius 3 is 2.29 bits per heavy atom. The fourth-order valence-electron chi connectivity index (χ4n) is 2.73. The van der Waals surface area contributed by atoms with Crippen LogP contribution in [0.15, 0.2) is 0 Å². The second-order valence-electron chi connectivity index (χ2n) is 6.04. The molecule has 0 amide bonds. The smallest absolute Gasteiger partial charge is 0.0125 e. The lowest BCUT2D eigenvalue weighted by molar-refractivity contribution is 0.284. The van der Waals surface area contributed by atoms with Gasteiger partial charge in [0.05, 0.1) is 0 Å². The number of hydrogen-bond donors (Lipinski definition) is 2. The van der Waals surface area contributed by atoms with Crippen molar-refractivity contribution in [1.29, 1.82) is 0 Å². The van der Waals surface area contributed by atoms with Crippen LogP contribution >= 0.6 is 0 Å². The third kappa shape index (κ3) is 1.96. The van der Waals surface area contributed by atoms with Crippen LogP contribution in [0.4, 0.5) is 0 Å². The Morgan fingerprint density at radius 2 is 1.86 bits per heavy atom. The molecule has 2 nitrogen and oxygen atoms in total. The predicted molar refractivity (Wildman–Crippen MR) is 60.1 cm³/mol. The topological polar surface area (TPSA) is 38.0 Å². The van der Waals surface area contributed by atoms with Crippen molar-refractivity contribution in [2.45, 2.75) is 52.0 Å². The maximum absolute atomic E-state index is 5.90. The molecule has 0 heterocycles. The fraction of sp³-hybridized carbons (Fsp3) is 1.00. The molecule has 2 fully saturated rings. The van der Waals surface area contributed by atoms with Crippen molar-refractivity contribution in [2.75, 3.05) is 13.1 Å². The molecule has 14 heavy (non-hydrogen) atoms. The molecule has 2 aliphatic rings. The Kier molecular flexibility index (Phi) is 2.61. The highest BCUT2D eigenvalue weighted by molar-refractivity contribution is 5.02. The summed E-state index contributed by atoms with van der Waals surface area (Å²) in [6.07, 6.45) is 6.78. The molecule has 82 valence electrons. The number of nitrogens with two attached hydrogens (primary N) is 1. The monoisotopic (exact) mass is 196 g/mol.